The molecule has 36 heavy (non-hydrogen) atoms. The van der Waals surface area contributed by atoms with E-state index in [-0.39, 0.29) is 11.3 Å². The molecule has 4 aromatic rings. The SMILES string of the molecule is COc1ccc([C@@H]2C(=C(O)c3ccc(C)cc3)C(=O)C(=O)N2c2nc3ccc(C)cc3s2)cc1OC. The highest BCUT2D eigenvalue weighted by molar-refractivity contribution is 7.22. The molecule has 3 aromatic carbocycles. The number of methoxy groups -OCH3 is 2. The Morgan fingerprint density at radius 1 is 0.917 bits per heavy atom. The zero-order chi connectivity index (χ0) is 25.6. The first-order valence-corrected chi connectivity index (χ1v) is 12.1. The molecule has 5 rings (SSSR count). The number of carbonyl (C=O) groups is 2. The number of nitrogens with zero attached hydrogens (tertiary/aromatic N) is 2. The Bertz CT molecular complexity index is 1540. The molecule has 182 valence electrons. The molecule has 0 radical (unpaired) electrons. The summed E-state index contributed by atoms with van der Waals surface area (Å²) in [7, 11) is 3.05. The number of Topliss-reactive ketones (excluding diaryl/α,β-unsaturated/α-hetero) is 1. The Labute approximate surface area is 212 Å². The molecule has 7 nitrogen and oxygen atoms in total. The van der Waals surface area contributed by atoms with Gasteiger partial charge in [0.05, 0.1) is 36.1 Å². The maximum Gasteiger partial charge on any atom is 0.301 e. The maximum absolute atomic E-state index is 13.5. The van der Waals surface area contributed by atoms with Crippen LogP contribution in [0, 0.1) is 13.8 Å². The molecule has 8 heteroatoms. The number of hydrogen-bond donors (Lipinski definition) is 1. The second-order valence-corrected chi connectivity index (χ2v) is 9.63. The lowest BCUT2D eigenvalue weighted by atomic mass is 9.95. The Morgan fingerprint density at radius 3 is 2.31 bits per heavy atom. The second kappa shape index (κ2) is 9.13. The largest absolute Gasteiger partial charge is 0.507 e. The predicted octanol–water partition coefficient (Wildman–Crippen LogP) is 5.56. The third-order valence-corrected chi connectivity index (χ3v) is 7.25. The summed E-state index contributed by atoms with van der Waals surface area (Å²) in [5.41, 5.74) is 3.82. The number of rotatable bonds is 5. The van der Waals surface area contributed by atoms with Crippen molar-refractivity contribution in [3.05, 3.63) is 88.5 Å². The summed E-state index contributed by atoms with van der Waals surface area (Å²) in [4.78, 5) is 32.9. The summed E-state index contributed by atoms with van der Waals surface area (Å²) >= 11 is 1.32. The van der Waals surface area contributed by atoms with Crippen molar-refractivity contribution >= 4 is 44.1 Å². The van der Waals surface area contributed by atoms with E-state index in [4.69, 9.17) is 9.47 Å². The average molecular weight is 501 g/mol. The predicted molar refractivity (Wildman–Crippen MR) is 140 cm³/mol. The van der Waals surface area contributed by atoms with Crippen molar-refractivity contribution < 1.29 is 24.2 Å². The van der Waals surface area contributed by atoms with Gasteiger partial charge in [0.2, 0.25) is 0 Å². The fraction of sp³-hybridized carbons (Fsp3) is 0.179. The first kappa shape index (κ1) is 23.6. The van der Waals surface area contributed by atoms with Crippen LogP contribution in [0.25, 0.3) is 16.0 Å². The summed E-state index contributed by atoms with van der Waals surface area (Å²) in [6.45, 7) is 3.91. The van der Waals surface area contributed by atoms with Gasteiger partial charge in [-0.15, -0.1) is 0 Å². The quantitative estimate of drug-likeness (QED) is 0.219. The summed E-state index contributed by atoms with van der Waals surface area (Å²) in [6.07, 6.45) is 0. The first-order valence-electron chi connectivity index (χ1n) is 11.3. The number of hydrogen-bond acceptors (Lipinski definition) is 7. The molecule has 2 heterocycles. The van der Waals surface area contributed by atoms with Crippen molar-refractivity contribution in [1.29, 1.82) is 0 Å². The van der Waals surface area contributed by atoms with E-state index in [1.165, 1.54) is 30.5 Å². The minimum absolute atomic E-state index is 0.00786. The topological polar surface area (TPSA) is 89.0 Å². The zero-order valence-corrected chi connectivity index (χ0v) is 21.1. The molecule has 1 aliphatic heterocycles. The summed E-state index contributed by atoms with van der Waals surface area (Å²) < 4.78 is 11.7. The van der Waals surface area contributed by atoms with Gasteiger partial charge in [-0.3, -0.25) is 14.5 Å². The van der Waals surface area contributed by atoms with E-state index < -0.39 is 17.7 Å². The van der Waals surface area contributed by atoms with E-state index in [9.17, 15) is 14.7 Å². The standard InChI is InChI=1S/C28H24N2O5S/c1-15-5-8-17(9-6-15)25(31)23-24(18-10-12-20(34-3)21(14-18)35-4)30(27(33)26(23)32)28-29-19-11-7-16(2)13-22(19)36-28/h5-14,24,31H,1-4H3/t24-/m1/s1. The van der Waals surface area contributed by atoms with E-state index in [1.807, 2.05) is 44.2 Å². The molecule has 1 atom stereocenters. The van der Waals surface area contributed by atoms with Crippen LogP contribution < -0.4 is 14.4 Å². The van der Waals surface area contributed by atoms with Gasteiger partial charge < -0.3 is 14.6 Å². The molecule has 1 fully saturated rings. The van der Waals surface area contributed by atoms with Gasteiger partial charge in [-0.1, -0.05) is 53.3 Å². The second-order valence-electron chi connectivity index (χ2n) is 8.62. The molecule has 1 aromatic heterocycles. The number of anilines is 1. The number of ether oxygens (including phenoxy) is 2. The van der Waals surface area contributed by atoms with Gasteiger partial charge in [-0.2, -0.15) is 0 Å². The van der Waals surface area contributed by atoms with Crippen molar-refractivity contribution in [2.75, 3.05) is 19.1 Å². The highest BCUT2D eigenvalue weighted by atomic mass is 32.1. The van der Waals surface area contributed by atoms with E-state index >= 15 is 0 Å². The normalized spacial score (nSPS) is 17.1. The van der Waals surface area contributed by atoms with Gasteiger partial charge in [0.15, 0.2) is 16.6 Å². The number of aliphatic hydroxyl groups is 1. The Balaban J connectivity index is 1.75. The number of carbonyl (C=O) groups excluding carboxylic acids is 2. The van der Waals surface area contributed by atoms with Crippen LogP contribution in [0.5, 0.6) is 11.5 Å². The fourth-order valence-electron chi connectivity index (χ4n) is 4.36. The fourth-order valence-corrected chi connectivity index (χ4v) is 5.45. The van der Waals surface area contributed by atoms with Crippen LogP contribution >= 0.6 is 11.3 Å². The summed E-state index contributed by atoms with van der Waals surface area (Å²) in [6, 6.07) is 17.2. The molecule has 0 bridgehead atoms. The molecular formula is C28H24N2O5S. The molecular weight excluding hydrogens is 476 g/mol. The number of benzene rings is 3. The average Bonchev–Trinajstić information content (AvgIpc) is 3.41. The lowest BCUT2D eigenvalue weighted by molar-refractivity contribution is -0.132. The Hall–Kier alpha value is -4.17. The number of aromatic nitrogens is 1. The Morgan fingerprint density at radius 2 is 1.61 bits per heavy atom. The first-order chi connectivity index (χ1) is 17.3. The molecule has 0 spiro atoms. The van der Waals surface area contributed by atoms with Crippen LogP contribution in [0.2, 0.25) is 0 Å². The van der Waals surface area contributed by atoms with Crippen molar-refractivity contribution in [2.24, 2.45) is 0 Å². The van der Waals surface area contributed by atoms with Gasteiger partial charge in [0.1, 0.15) is 5.76 Å². The van der Waals surface area contributed by atoms with Gasteiger partial charge in [-0.25, -0.2) is 4.98 Å². The molecule has 0 aliphatic carbocycles. The van der Waals surface area contributed by atoms with Crippen LogP contribution in [-0.4, -0.2) is 36.0 Å². The summed E-state index contributed by atoms with van der Waals surface area (Å²) in [5.74, 6) is -0.821. The highest BCUT2D eigenvalue weighted by Crippen LogP contribution is 2.45. The zero-order valence-electron chi connectivity index (χ0n) is 20.2. The van der Waals surface area contributed by atoms with Crippen molar-refractivity contribution in [2.45, 2.75) is 19.9 Å². The molecule has 1 N–H and O–H groups in total. The monoisotopic (exact) mass is 500 g/mol. The molecule has 1 aliphatic rings. The van der Waals surface area contributed by atoms with Crippen molar-refractivity contribution in [3.8, 4) is 11.5 Å². The lowest BCUT2D eigenvalue weighted by Gasteiger charge is -2.23. The third-order valence-electron chi connectivity index (χ3n) is 6.23. The lowest BCUT2D eigenvalue weighted by Crippen LogP contribution is -2.29. The van der Waals surface area contributed by atoms with E-state index in [2.05, 4.69) is 4.98 Å². The van der Waals surface area contributed by atoms with E-state index in [1.54, 1.807) is 30.3 Å². The molecule has 1 saturated heterocycles. The van der Waals surface area contributed by atoms with Crippen molar-refractivity contribution in [1.82, 2.24) is 4.98 Å². The number of fused-ring (bicyclic) bond motifs is 1. The van der Waals surface area contributed by atoms with Gasteiger partial charge in [0, 0.05) is 5.56 Å². The number of ketones is 1. The number of amides is 1. The molecule has 1 amide bonds. The van der Waals surface area contributed by atoms with Crippen LogP contribution in [0.4, 0.5) is 5.13 Å². The highest BCUT2D eigenvalue weighted by Gasteiger charge is 2.48. The van der Waals surface area contributed by atoms with E-state index in [0.29, 0.717) is 27.8 Å². The van der Waals surface area contributed by atoms with Crippen LogP contribution in [-0.2, 0) is 9.59 Å². The number of aliphatic hydroxyl groups excluding tert-OH is 1. The van der Waals surface area contributed by atoms with Crippen LogP contribution in [0.15, 0.2) is 66.2 Å². The van der Waals surface area contributed by atoms with E-state index in [0.717, 1.165) is 21.3 Å². The minimum Gasteiger partial charge on any atom is -0.507 e. The minimum atomic E-state index is -0.909. The van der Waals surface area contributed by atoms with Crippen molar-refractivity contribution in [3.63, 3.8) is 0 Å². The van der Waals surface area contributed by atoms with Gasteiger partial charge in [-0.05, 0) is 49.2 Å². The molecule has 0 unspecified atom stereocenters. The van der Waals surface area contributed by atoms with Gasteiger partial charge in [0.25, 0.3) is 5.78 Å². The molecule has 0 saturated carbocycles. The van der Waals surface area contributed by atoms with Crippen LogP contribution in [0.1, 0.15) is 28.3 Å². The Kier molecular flexibility index (Phi) is 5.97. The maximum atomic E-state index is 13.5. The summed E-state index contributed by atoms with van der Waals surface area (Å²) in [5, 5.41) is 11.7. The smallest absolute Gasteiger partial charge is 0.301 e. The number of aryl methyl sites for hydroxylation is 2. The third kappa shape index (κ3) is 3.89. The van der Waals surface area contributed by atoms with Crippen LogP contribution in [0.3, 0.4) is 0 Å². The van der Waals surface area contributed by atoms with Gasteiger partial charge >= 0.3 is 5.91 Å². The number of thiazole rings is 1.